The number of esters is 1. The highest BCUT2D eigenvalue weighted by atomic mass is 79.9. The topological polar surface area (TPSA) is 63.6 Å². The van der Waals surface area contributed by atoms with Crippen molar-refractivity contribution in [3.05, 3.63) is 44.9 Å². The van der Waals surface area contributed by atoms with E-state index in [0.717, 1.165) is 6.21 Å². The Balaban J connectivity index is 2.06. The Bertz CT molecular complexity index is 778. The molecule has 2 aromatic rings. The monoisotopic (exact) mass is 435 g/mol. The number of ether oxygens (including phenoxy) is 1. The fourth-order valence-electron chi connectivity index (χ4n) is 1.90. The van der Waals surface area contributed by atoms with Crippen LogP contribution >= 0.6 is 27.3 Å². The Morgan fingerprint density at radius 1 is 1.48 bits per heavy atom. The molecule has 0 saturated heterocycles. The highest BCUT2D eigenvalue weighted by Gasteiger charge is 2.35. The molecule has 1 aromatic carbocycles. The van der Waals surface area contributed by atoms with E-state index in [4.69, 9.17) is 4.74 Å². The Morgan fingerprint density at radius 3 is 2.92 bits per heavy atom. The van der Waals surface area contributed by atoms with Crippen LogP contribution in [0.3, 0.4) is 0 Å². The number of alkyl halides is 3. The Hall–Kier alpha value is -1.94. The van der Waals surface area contributed by atoms with Crippen molar-refractivity contribution in [1.82, 2.24) is 4.98 Å². The third-order valence-electron chi connectivity index (χ3n) is 2.88. The molecule has 134 valence electrons. The number of halogens is 4. The van der Waals surface area contributed by atoms with Gasteiger partial charge in [0.25, 0.3) is 0 Å². The molecule has 2 rings (SSSR count). The van der Waals surface area contributed by atoms with Gasteiger partial charge in [0.15, 0.2) is 0 Å². The van der Waals surface area contributed by atoms with Crippen LogP contribution in [-0.2, 0) is 22.1 Å². The van der Waals surface area contributed by atoms with Crippen LogP contribution in [0.25, 0.3) is 0 Å². The molecule has 0 aliphatic carbocycles. The molecule has 0 aliphatic rings. The van der Waals surface area contributed by atoms with Crippen LogP contribution in [0.15, 0.2) is 33.2 Å². The molecule has 0 atom stereocenters. The molecule has 5 nitrogen and oxygen atoms in total. The van der Waals surface area contributed by atoms with Crippen molar-refractivity contribution in [2.75, 3.05) is 12.0 Å². The van der Waals surface area contributed by atoms with Gasteiger partial charge in [-0.25, -0.2) is 4.98 Å². The molecule has 0 fully saturated rings. The molecule has 1 aromatic heterocycles. The quantitative estimate of drug-likeness (QED) is 0.412. The zero-order valence-corrected chi connectivity index (χ0v) is 15.3. The summed E-state index contributed by atoms with van der Waals surface area (Å²) in [5.41, 5.74) is 2.17. The van der Waals surface area contributed by atoms with E-state index in [9.17, 15) is 18.0 Å². The number of nitrogens with zero attached hydrogens (tertiary/aromatic N) is 2. The second-order valence-electron chi connectivity index (χ2n) is 4.70. The van der Waals surface area contributed by atoms with E-state index in [1.165, 1.54) is 29.5 Å². The number of thiazole rings is 1. The van der Waals surface area contributed by atoms with Crippen LogP contribution < -0.4 is 5.43 Å². The minimum absolute atomic E-state index is 0.0274. The molecule has 0 amide bonds. The predicted octanol–water partition coefficient (Wildman–Crippen LogP) is 4.48. The first-order valence-electron chi connectivity index (χ1n) is 7.06. The summed E-state index contributed by atoms with van der Waals surface area (Å²) in [4.78, 5) is 15.5. The SMILES string of the molecule is CCOC(=O)Cc1csc(NN=Cc2cccc(Br)c2C(F)(F)F)n1. The molecule has 0 saturated carbocycles. The Kier molecular flexibility index (Phi) is 6.54. The average Bonchev–Trinajstić information content (AvgIpc) is 2.93. The number of hydrogen-bond donors (Lipinski definition) is 1. The molecule has 0 radical (unpaired) electrons. The zero-order valence-electron chi connectivity index (χ0n) is 12.9. The van der Waals surface area contributed by atoms with Crippen LogP contribution in [0.2, 0.25) is 0 Å². The lowest BCUT2D eigenvalue weighted by atomic mass is 10.1. The summed E-state index contributed by atoms with van der Waals surface area (Å²) in [6.45, 7) is 1.99. The number of aromatic nitrogens is 1. The van der Waals surface area contributed by atoms with Gasteiger partial charge >= 0.3 is 12.1 Å². The van der Waals surface area contributed by atoms with E-state index in [0.29, 0.717) is 10.8 Å². The van der Waals surface area contributed by atoms with Crippen molar-refractivity contribution in [2.45, 2.75) is 19.5 Å². The number of hydrazone groups is 1. The summed E-state index contributed by atoms with van der Waals surface area (Å²) in [7, 11) is 0. The molecule has 0 spiro atoms. The summed E-state index contributed by atoms with van der Waals surface area (Å²) in [5, 5.41) is 5.80. The van der Waals surface area contributed by atoms with Crippen LogP contribution in [0.1, 0.15) is 23.7 Å². The average molecular weight is 436 g/mol. The normalized spacial score (nSPS) is 11.7. The fourth-order valence-corrected chi connectivity index (χ4v) is 3.17. The van der Waals surface area contributed by atoms with Gasteiger partial charge in [0, 0.05) is 15.4 Å². The third-order valence-corrected chi connectivity index (χ3v) is 4.33. The molecule has 10 heteroatoms. The van der Waals surface area contributed by atoms with Crippen molar-refractivity contribution in [2.24, 2.45) is 5.10 Å². The first-order chi connectivity index (χ1) is 11.8. The summed E-state index contributed by atoms with van der Waals surface area (Å²) >= 11 is 4.08. The Morgan fingerprint density at radius 2 is 2.24 bits per heavy atom. The lowest BCUT2D eigenvalue weighted by molar-refractivity contribution is -0.142. The highest BCUT2D eigenvalue weighted by Crippen LogP contribution is 2.36. The smallest absolute Gasteiger partial charge is 0.418 e. The van der Waals surface area contributed by atoms with E-state index in [-0.39, 0.29) is 23.1 Å². The number of nitrogens with one attached hydrogen (secondary N) is 1. The van der Waals surface area contributed by atoms with Crippen LogP contribution in [0.4, 0.5) is 18.3 Å². The van der Waals surface area contributed by atoms with Gasteiger partial charge in [-0.05, 0) is 13.0 Å². The standard InChI is InChI=1S/C15H13BrF3N3O2S/c1-2-24-12(23)6-10-8-25-14(21-10)22-20-7-9-4-3-5-11(16)13(9)15(17,18)19/h3-5,7-8H,2,6H2,1H3,(H,21,22). The van der Waals surface area contributed by atoms with Crippen LogP contribution in [0.5, 0.6) is 0 Å². The van der Waals surface area contributed by atoms with Gasteiger partial charge in [-0.2, -0.15) is 18.3 Å². The number of hydrogen-bond acceptors (Lipinski definition) is 6. The van der Waals surface area contributed by atoms with E-state index >= 15 is 0 Å². The van der Waals surface area contributed by atoms with Gasteiger partial charge in [0.05, 0.1) is 30.5 Å². The summed E-state index contributed by atoms with van der Waals surface area (Å²) in [6.07, 6.45) is -3.41. The fraction of sp³-hybridized carbons (Fsp3) is 0.267. The molecular weight excluding hydrogens is 423 g/mol. The number of carbonyl (C=O) groups excluding carboxylic acids is 1. The van der Waals surface area contributed by atoms with Gasteiger partial charge in [-0.3, -0.25) is 10.2 Å². The van der Waals surface area contributed by atoms with Gasteiger partial charge in [0.2, 0.25) is 5.13 Å². The van der Waals surface area contributed by atoms with Crippen molar-refractivity contribution in [1.29, 1.82) is 0 Å². The highest BCUT2D eigenvalue weighted by molar-refractivity contribution is 9.10. The van der Waals surface area contributed by atoms with Crippen molar-refractivity contribution < 1.29 is 22.7 Å². The number of carbonyl (C=O) groups is 1. The Labute approximate surface area is 154 Å². The van der Waals surface area contributed by atoms with E-state index < -0.39 is 17.7 Å². The van der Waals surface area contributed by atoms with E-state index in [1.54, 1.807) is 12.3 Å². The van der Waals surface area contributed by atoms with Crippen molar-refractivity contribution in [3.8, 4) is 0 Å². The predicted molar refractivity (Wildman–Crippen MR) is 92.8 cm³/mol. The summed E-state index contributed by atoms with van der Waals surface area (Å²) in [5.74, 6) is -0.396. The molecule has 0 bridgehead atoms. The van der Waals surface area contributed by atoms with Crippen molar-refractivity contribution in [3.63, 3.8) is 0 Å². The minimum atomic E-state index is -4.50. The summed E-state index contributed by atoms with van der Waals surface area (Å²) in [6, 6.07) is 4.12. The minimum Gasteiger partial charge on any atom is -0.466 e. The molecule has 1 heterocycles. The van der Waals surface area contributed by atoms with E-state index in [1.807, 2.05) is 0 Å². The molecular formula is C15H13BrF3N3O2S. The maximum absolute atomic E-state index is 13.1. The molecule has 0 unspecified atom stereocenters. The second kappa shape index (κ2) is 8.43. The maximum atomic E-state index is 13.1. The number of rotatable bonds is 6. The largest absolute Gasteiger partial charge is 0.466 e. The van der Waals surface area contributed by atoms with E-state index in [2.05, 4.69) is 31.4 Å². The van der Waals surface area contributed by atoms with Gasteiger partial charge < -0.3 is 4.74 Å². The first kappa shape index (κ1) is 19.4. The second-order valence-corrected chi connectivity index (χ2v) is 6.41. The maximum Gasteiger partial charge on any atom is 0.418 e. The molecule has 1 N–H and O–H groups in total. The number of benzene rings is 1. The van der Waals surface area contributed by atoms with Crippen LogP contribution in [0, 0.1) is 0 Å². The lowest BCUT2D eigenvalue weighted by Gasteiger charge is -2.11. The van der Waals surface area contributed by atoms with Gasteiger partial charge in [-0.15, -0.1) is 11.3 Å². The van der Waals surface area contributed by atoms with Crippen LogP contribution in [-0.4, -0.2) is 23.8 Å². The van der Waals surface area contributed by atoms with Gasteiger partial charge in [0.1, 0.15) is 0 Å². The molecule has 25 heavy (non-hydrogen) atoms. The number of anilines is 1. The van der Waals surface area contributed by atoms with Gasteiger partial charge in [-0.1, -0.05) is 28.1 Å². The first-order valence-corrected chi connectivity index (χ1v) is 8.73. The third kappa shape index (κ3) is 5.53. The molecule has 0 aliphatic heterocycles. The summed E-state index contributed by atoms with van der Waals surface area (Å²) < 4.78 is 44.0. The lowest BCUT2D eigenvalue weighted by Crippen LogP contribution is -2.10. The van der Waals surface area contributed by atoms with Crippen molar-refractivity contribution >= 4 is 44.6 Å². The zero-order chi connectivity index (χ0) is 18.4.